The minimum atomic E-state index is 0.550. The summed E-state index contributed by atoms with van der Waals surface area (Å²) in [6.45, 7) is 0. The Morgan fingerprint density at radius 3 is 2.94 bits per heavy atom. The topological polar surface area (TPSA) is 48.1 Å². The van der Waals surface area contributed by atoms with Crippen LogP contribution in [0.3, 0.4) is 0 Å². The molecule has 1 aromatic heterocycles. The molecule has 3 aromatic rings. The first-order valence-electron chi connectivity index (χ1n) is 5.29. The molecule has 3 nitrogen and oxygen atoms in total. The Labute approximate surface area is 113 Å². The van der Waals surface area contributed by atoms with E-state index >= 15 is 0 Å². The summed E-state index contributed by atoms with van der Waals surface area (Å²) in [5.74, 6) is 1.25. The van der Waals surface area contributed by atoms with Crippen LogP contribution in [-0.4, -0.2) is 4.98 Å². The smallest absolute Gasteiger partial charge is 0.152 e. The molecule has 2 aromatic carbocycles. The molecule has 0 saturated heterocycles. The number of hydrogen-bond donors (Lipinski definition) is 1. The number of rotatable bonds is 2. The predicted octanol–water partition coefficient (Wildman–Crippen LogP) is 4.32. The molecule has 5 heteroatoms. The highest BCUT2D eigenvalue weighted by atomic mass is 35.5. The zero-order valence-electron chi connectivity index (χ0n) is 9.26. The van der Waals surface area contributed by atoms with E-state index in [0.717, 1.165) is 10.2 Å². The number of benzene rings is 2. The molecule has 3 rings (SSSR count). The van der Waals surface area contributed by atoms with E-state index in [1.165, 1.54) is 0 Å². The van der Waals surface area contributed by atoms with Gasteiger partial charge in [0.15, 0.2) is 5.75 Å². The van der Waals surface area contributed by atoms with Gasteiger partial charge in [0, 0.05) is 5.02 Å². The van der Waals surface area contributed by atoms with Crippen LogP contribution in [0.5, 0.6) is 11.5 Å². The summed E-state index contributed by atoms with van der Waals surface area (Å²) in [5.41, 5.74) is 9.13. The van der Waals surface area contributed by atoms with Crippen LogP contribution in [0.25, 0.3) is 10.2 Å². The summed E-state index contributed by atoms with van der Waals surface area (Å²) in [6.07, 6.45) is 0. The number of fused-ring (bicyclic) bond motifs is 1. The highest BCUT2D eigenvalue weighted by Crippen LogP contribution is 2.34. The Kier molecular flexibility index (Phi) is 2.81. The van der Waals surface area contributed by atoms with Gasteiger partial charge >= 0.3 is 0 Å². The number of aromatic nitrogens is 1. The first-order chi connectivity index (χ1) is 8.74. The second-order valence-corrected chi connectivity index (χ2v) is 5.06. The maximum Gasteiger partial charge on any atom is 0.152 e. The third-order valence-corrected chi connectivity index (χ3v) is 3.55. The van der Waals surface area contributed by atoms with Crippen LogP contribution in [0, 0.1) is 0 Å². The quantitative estimate of drug-likeness (QED) is 0.709. The Bertz CT molecular complexity index is 711. The Morgan fingerprint density at radius 2 is 2.11 bits per heavy atom. The SMILES string of the molecule is Nc1c(Oc2cccc(Cl)c2)ccc2scnc12. The van der Waals surface area contributed by atoms with Crippen molar-refractivity contribution in [1.29, 1.82) is 0 Å². The van der Waals surface area contributed by atoms with E-state index in [1.54, 1.807) is 29.0 Å². The van der Waals surface area contributed by atoms with Crippen molar-refractivity contribution in [3.63, 3.8) is 0 Å². The molecular weight excluding hydrogens is 268 g/mol. The summed E-state index contributed by atoms with van der Waals surface area (Å²) >= 11 is 7.46. The lowest BCUT2D eigenvalue weighted by Gasteiger charge is -2.08. The van der Waals surface area contributed by atoms with Gasteiger partial charge < -0.3 is 10.5 Å². The number of halogens is 1. The summed E-state index contributed by atoms with van der Waals surface area (Å²) < 4.78 is 6.77. The largest absolute Gasteiger partial charge is 0.455 e. The van der Waals surface area contributed by atoms with Crippen molar-refractivity contribution in [2.24, 2.45) is 0 Å². The van der Waals surface area contributed by atoms with E-state index in [0.29, 0.717) is 22.2 Å². The molecule has 1 heterocycles. The molecule has 0 aliphatic rings. The standard InChI is InChI=1S/C13H9ClN2OS/c14-8-2-1-3-9(6-8)17-10-4-5-11-13(12(10)15)16-7-18-11/h1-7H,15H2. The van der Waals surface area contributed by atoms with Crippen LogP contribution in [0.4, 0.5) is 5.69 Å². The monoisotopic (exact) mass is 276 g/mol. The molecule has 0 unspecified atom stereocenters. The fourth-order valence-electron chi connectivity index (χ4n) is 1.68. The van der Waals surface area contributed by atoms with E-state index in [4.69, 9.17) is 22.1 Å². The average Bonchev–Trinajstić information content (AvgIpc) is 2.82. The van der Waals surface area contributed by atoms with Gasteiger partial charge in [0.05, 0.1) is 10.2 Å². The summed E-state index contributed by atoms with van der Waals surface area (Å²) in [5, 5.41) is 0.626. The molecule has 0 aliphatic heterocycles. The van der Waals surface area contributed by atoms with Crippen LogP contribution in [0.15, 0.2) is 41.9 Å². The molecule has 0 aliphatic carbocycles. The van der Waals surface area contributed by atoms with Gasteiger partial charge in [-0.25, -0.2) is 4.98 Å². The fraction of sp³-hybridized carbons (Fsp3) is 0. The van der Waals surface area contributed by atoms with Crippen LogP contribution in [0.1, 0.15) is 0 Å². The van der Waals surface area contributed by atoms with E-state index in [2.05, 4.69) is 4.98 Å². The number of nitrogens with zero attached hydrogens (tertiary/aromatic N) is 1. The lowest BCUT2D eigenvalue weighted by molar-refractivity contribution is 0.485. The van der Waals surface area contributed by atoms with Crippen molar-refractivity contribution >= 4 is 38.8 Å². The number of nitrogens with two attached hydrogens (primary N) is 1. The minimum absolute atomic E-state index is 0.550. The highest BCUT2D eigenvalue weighted by Gasteiger charge is 2.08. The number of thiazole rings is 1. The second-order valence-electron chi connectivity index (χ2n) is 3.74. The highest BCUT2D eigenvalue weighted by molar-refractivity contribution is 7.16. The first-order valence-corrected chi connectivity index (χ1v) is 6.55. The van der Waals surface area contributed by atoms with Gasteiger partial charge in [-0.1, -0.05) is 17.7 Å². The van der Waals surface area contributed by atoms with Gasteiger partial charge in [0.2, 0.25) is 0 Å². The van der Waals surface area contributed by atoms with Crippen LogP contribution in [-0.2, 0) is 0 Å². The Hall–Kier alpha value is -1.78. The third-order valence-electron chi connectivity index (χ3n) is 2.53. The van der Waals surface area contributed by atoms with Crippen molar-refractivity contribution < 1.29 is 4.74 Å². The zero-order chi connectivity index (χ0) is 12.5. The van der Waals surface area contributed by atoms with E-state index in [-0.39, 0.29) is 0 Å². The zero-order valence-corrected chi connectivity index (χ0v) is 10.8. The van der Waals surface area contributed by atoms with E-state index in [1.807, 2.05) is 24.3 Å². The van der Waals surface area contributed by atoms with E-state index in [9.17, 15) is 0 Å². The van der Waals surface area contributed by atoms with Crippen molar-refractivity contribution in [2.45, 2.75) is 0 Å². The van der Waals surface area contributed by atoms with Gasteiger partial charge in [-0.2, -0.15) is 0 Å². The third kappa shape index (κ3) is 2.00. The normalized spacial score (nSPS) is 10.7. The van der Waals surface area contributed by atoms with Gasteiger partial charge in [-0.3, -0.25) is 0 Å². The number of anilines is 1. The summed E-state index contributed by atoms with van der Waals surface area (Å²) in [4.78, 5) is 4.23. The van der Waals surface area contributed by atoms with E-state index < -0.39 is 0 Å². The van der Waals surface area contributed by atoms with Crippen LogP contribution >= 0.6 is 22.9 Å². The molecule has 0 atom stereocenters. The van der Waals surface area contributed by atoms with Gasteiger partial charge in [0.25, 0.3) is 0 Å². The molecular formula is C13H9ClN2OS. The molecule has 0 fully saturated rings. The van der Waals surface area contributed by atoms with Crippen LogP contribution in [0.2, 0.25) is 5.02 Å². The minimum Gasteiger partial charge on any atom is -0.455 e. The number of ether oxygens (including phenoxy) is 1. The van der Waals surface area contributed by atoms with Gasteiger partial charge in [0.1, 0.15) is 17.0 Å². The molecule has 0 amide bonds. The molecule has 90 valence electrons. The van der Waals surface area contributed by atoms with Gasteiger partial charge in [-0.05, 0) is 30.3 Å². The van der Waals surface area contributed by atoms with Gasteiger partial charge in [-0.15, -0.1) is 11.3 Å². The second kappa shape index (κ2) is 4.48. The predicted molar refractivity (Wildman–Crippen MR) is 75.6 cm³/mol. The maximum absolute atomic E-state index is 6.04. The first kappa shape index (κ1) is 11.3. The average molecular weight is 277 g/mol. The van der Waals surface area contributed by atoms with Crippen molar-refractivity contribution in [1.82, 2.24) is 4.98 Å². The lowest BCUT2D eigenvalue weighted by Crippen LogP contribution is -1.93. The Balaban J connectivity index is 2.02. The maximum atomic E-state index is 6.04. The molecule has 0 saturated carbocycles. The molecule has 18 heavy (non-hydrogen) atoms. The van der Waals surface area contributed by atoms with Crippen LogP contribution < -0.4 is 10.5 Å². The van der Waals surface area contributed by atoms with Crippen molar-refractivity contribution in [2.75, 3.05) is 5.73 Å². The molecule has 2 N–H and O–H groups in total. The van der Waals surface area contributed by atoms with Crippen molar-refractivity contribution in [3.8, 4) is 11.5 Å². The summed E-state index contributed by atoms with van der Waals surface area (Å²) in [7, 11) is 0. The van der Waals surface area contributed by atoms with Crippen molar-refractivity contribution in [3.05, 3.63) is 46.9 Å². The number of nitrogen functional groups attached to an aromatic ring is 1. The number of hydrogen-bond acceptors (Lipinski definition) is 4. The Morgan fingerprint density at radius 1 is 1.22 bits per heavy atom. The molecule has 0 bridgehead atoms. The molecule has 0 spiro atoms. The summed E-state index contributed by atoms with van der Waals surface area (Å²) in [6, 6.07) is 11.0. The molecule has 0 radical (unpaired) electrons. The lowest BCUT2D eigenvalue weighted by atomic mass is 10.2. The fourth-order valence-corrected chi connectivity index (χ4v) is 2.55.